The van der Waals surface area contributed by atoms with Crippen LogP contribution in [0, 0.1) is 0 Å². The lowest BCUT2D eigenvalue weighted by molar-refractivity contribution is 0.252. The Kier molecular flexibility index (Phi) is 5.13. The van der Waals surface area contributed by atoms with Crippen LogP contribution in [0.1, 0.15) is 0 Å². The molecule has 0 aliphatic rings. The second-order valence-electron chi connectivity index (χ2n) is 4.10. The summed E-state index contributed by atoms with van der Waals surface area (Å²) in [6.45, 7) is 0.0430. The third kappa shape index (κ3) is 5.14. The number of hydrogen-bond donors (Lipinski definition) is 3. The summed E-state index contributed by atoms with van der Waals surface area (Å²) in [5, 5.41) is 5.04. The van der Waals surface area contributed by atoms with Crippen molar-refractivity contribution in [2.24, 2.45) is 0 Å². The molecule has 106 valence electrons. The second-order valence-corrected chi connectivity index (χ2v) is 6.40. The van der Waals surface area contributed by atoms with Gasteiger partial charge in [0.05, 0.1) is 5.75 Å². The molecule has 0 aliphatic heterocycles. The van der Waals surface area contributed by atoms with Gasteiger partial charge < -0.3 is 16.4 Å². The maximum Gasteiger partial charge on any atom is 0.319 e. The van der Waals surface area contributed by atoms with Crippen molar-refractivity contribution in [3.05, 3.63) is 24.3 Å². The quantitative estimate of drug-likeness (QED) is 0.676. The summed E-state index contributed by atoms with van der Waals surface area (Å²) in [6, 6.07) is 6.17. The molecule has 8 heteroatoms. The summed E-state index contributed by atoms with van der Waals surface area (Å²) in [4.78, 5) is 11.5. The van der Waals surface area contributed by atoms with Crippen LogP contribution in [-0.2, 0) is 10.0 Å². The number of benzene rings is 1. The first-order valence-corrected chi connectivity index (χ1v) is 7.23. The smallest absolute Gasteiger partial charge is 0.319 e. The summed E-state index contributed by atoms with van der Waals surface area (Å²) in [7, 11) is -0.402. The maximum absolute atomic E-state index is 11.5. The van der Waals surface area contributed by atoms with Crippen LogP contribution in [-0.4, -0.2) is 45.1 Å². The molecule has 0 fully saturated rings. The number of nitrogen functional groups attached to an aromatic ring is 1. The molecule has 0 saturated heterocycles. The third-order valence-corrected chi connectivity index (χ3v) is 4.20. The SMILES string of the molecule is CN(C)S(=O)(=O)CCNC(=O)Nc1ccc(N)cc1. The number of amides is 2. The largest absolute Gasteiger partial charge is 0.399 e. The number of sulfonamides is 1. The van der Waals surface area contributed by atoms with Gasteiger partial charge in [-0.1, -0.05) is 0 Å². The molecule has 1 aromatic carbocycles. The molecule has 1 aromatic rings. The number of carbonyl (C=O) groups is 1. The lowest BCUT2D eigenvalue weighted by atomic mass is 10.3. The second kappa shape index (κ2) is 6.39. The highest BCUT2D eigenvalue weighted by molar-refractivity contribution is 7.89. The zero-order valence-electron chi connectivity index (χ0n) is 10.9. The van der Waals surface area contributed by atoms with E-state index in [4.69, 9.17) is 5.73 Å². The first-order chi connectivity index (χ1) is 8.81. The van der Waals surface area contributed by atoms with E-state index >= 15 is 0 Å². The number of nitrogens with one attached hydrogen (secondary N) is 2. The van der Waals surface area contributed by atoms with Crippen LogP contribution in [0.4, 0.5) is 16.2 Å². The lowest BCUT2D eigenvalue weighted by Crippen LogP contribution is -2.36. The number of nitrogens with two attached hydrogens (primary N) is 1. The molecule has 0 spiro atoms. The molecule has 0 aliphatic carbocycles. The maximum atomic E-state index is 11.5. The lowest BCUT2D eigenvalue weighted by Gasteiger charge is -2.12. The Labute approximate surface area is 112 Å². The highest BCUT2D eigenvalue weighted by atomic mass is 32.2. The fourth-order valence-corrected chi connectivity index (χ4v) is 1.94. The van der Waals surface area contributed by atoms with Gasteiger partial charge in [0, 0.05) is 32.0 Å². The highest BCUT2D eigenvalue weighted by Crippen LogP contribution is 2.09. The molecule has 0 heterocycles. The van der Waals surface area contributed by atoms with Crippen LogP contribution < -0.4 is 16.4 Å². The number of urea groups is 1. The highest BCUT2D eigenvalue weighted by Gasteiger charge is 2.13. The Bertz CT molecular complexity index is 525. The van der Waals surface area contributed by atoms with Crippen molar-refractivity contribution >= 4 is 27.4 Å². The van der Waals surface area contributed by atoms with Gasteiger partial charge in [0.15, 0.2) is 0 Å². The van der Waals surface area contributed by atoms with Crippen molar-refractivity contribution in [2.75, 3.05) is 37.4 Å². The minimum absolute atomic E-state index is 0.0430. The van der Waals surface area contributed by atoms with Crippen LogP contribution >= 0.6 is 0 Å². The first-order valence-electron chi connectivity index (χ1n) is 5.62. The topological polar surface area (TPSA) is 105 Å². The van der Waals surface area contributed by atoms with Crippen molar-refractivity contribution in [3.63, 3.8) is 0 Å². The van der Waals surface area contributed by atoms with Gasteiger partial charge in [-0.25, -0.2) is 17.5 Å². The van der Waals surface area contributed by atoms with Crippen LogP contribution in [0.2, 0.25) is 0 Å². The van der Waals surface area contributed by atoms with Crippen LogP contribution in [0.25, 0.3) is 0 Å². The third-order valence-electron chi connectivity index (χ3n) is 2.37. The molecule has 19 heavy (non-hydrogen) atoms. The fourth-order valence-electron chi connectivity index (χ4n) is 1.22. The molecule has 0 radical (unpaired) electrons. The van der Waals surface area contributed by atoms with E-state index in [1.807, 2.05) is 0 Å². The predicted molar refractivity (Wildman–Crippen MR) is 75.3 cm³/mol. The fraction of sp³-hybridized carbons (Fsp3) is 0.364. The standard InChI is InChI=1S/C11H18N4O3S/c1-15(2)19(17,18)8-7-13-11(16)14-10-5-3-9(12)4-6-10/h3-6H,7-8,12H2,1-2H3,(H2,13,14,16). The van der Waals surface area contributed by atoms with Crippen molar-refractivity contribution in [2.45, 2.75) is 0 Å². The molecule has 0 aromatic heterocycles. The van der Waals surface area contributed by atoms with Gasteiger partial charge in [-0.05, 0) is 24.3 Å². The van der Waals surface area contributed by atoms with Gasteiger partial charge in [-0.15, -0.1) is 0 Å². The number of carbonyl (C=O) groups excluding carboxylic acids is 1. The van der Waals surface area contributed by atoms with Crippen molar-refractivity contribution in [1.29, 1.82) is 0 Å². The van der Waals surface area contributed by atoms with E-state index in [-0.39, 0.29) is 12.3 Å². The van der Waals surface area contributed by atoms with Gasteiger partial charge in [-0.2, -0.15) is 0 Å². The monoisotopic (exact) mass is 286 g/mol. The van der Waals surface area contributed by atoms with E-state index in [0.29, 0.717) is 11.4 Å². The normalized spacial score (nSPS) is 11.3. The minimum Gasteiger partial charge on any atom is -0.399 e. The van der Waals surface area contributed by atoms with Crippen molar-refractivity contribution in [1.82, 2.24) is 9.62 Å². The zero-order chi connectivity index (χ0) is 14.5. The van der Waals surface area contributed by atoms with Crippen molar-refractivity contribution < 1.29 is 13.2 Å². The van der Waals surface area contributed by atoms with E-state index in [1.54, 1.807) is 24.3 Å². The predicted octanol–water partition coefficient (Wildman–Crippen LogP) is 0.282. The summed E-state index contributed by atoms with van der Waals surface area (Å²) in [5.41, 5.74) is 6.70. The molecular formula is C11H18N4O3S. The number of anilines is 2. The molecular weight excluding hydrogens is 268 g/mol. The molecule has 0 saturated carbocycles. The Balaban J connectivity index is 2.39. The summed E-state index contributed by atoms with van der Waals surface area (Å²) < 4.78 is 24.0. The molecule has 1 rings (SSSR count). The molecule has 0 bridgehead atoms. The zero-order valence-corrected chi connectivity index (χ0v) is 11.7. The average Bonchev–Trinajstić information content (AvgIpc) is 2.31. The van der Waals surface area contributed by atoms with Gasteiger partial charge in [0.25, 0.3) is 0 Å². The number of rotatable bonds is 5. The van der Waals surface area contributed by atoms with Gasteiger partial charge >= 0.3 is 6.03 Å². The van der Waals surface area contributed by atoms with E-state index in [2.05, 4.69) is 10.6 Å². The molecule has 7 nitrogen and oxygen atoms in total. The molecule has 0 atom stereocenters. The van der Waals surface area contributed by atoms with Gasteiger partial charge in [-0.3, -0.25) is 0 Å². The molecule has 4 N–H and O–H groups in total. The summed E-state index contributed by atoms with van der Waals surface area (Å²) in [5.74, 6) is -0.144. The Morgan fingerprint density at radius 1 is 1.26 bits per heavy atom. The summed E-state index contributed by atoms with van der Waals surface area (Å²) in [6.07, 6.45) is 0. The van der Waals surface area contributed by atoms with E-state index in [1.165, 1.54) is 14.1 Å². The van der Waals surface area contributed by atoms with Gasteiger partial charge in [0.1, 0.15) is 0 Å². The average molecular weight is 286 g/mol. The van der Waals surface area contributed by atoms with E-state index in [0.717, 1.165) is 4.31 Å². The number of hydrogen-bond acceptors (Lipinski definition) is 4. The minimum atomic E-state index is -3.30. The van der Waals surface area contributed by atoms with Crippen LogP contribution in [0.3, 0.4) is 0 Å². The van der Waals surface area contributed by atoms with E-state index < -0.39 is 16.1 Å². The summed E-state index contributed by atoms with van der Waals surface area (Å²) >= 11 is 0. The Morgan fingerprint density at radius 2 is 1.84 bits per heavy atom. The van der Waals surface area contributed by atoms with E-state index in [9.17, 15) is 13.2 Å². The molecule has 0 unspecified atom stereocenters. The van der Waals surface area contributed by atoms with Crippen LogP contribution in [0.5, 0.6) is 0 Å². The first kappa shape index (κ1) is 15.3. The Morgan fingerprint density at radius 3 is 2.37 bits per heavy atom. The molecule has 2 amide bonds. The number of nitrogens with zero attached hydrogens (tertiary/aromatic N) is 1. The van der Waals surface area contributed by atoms with Crippen molar-refractivity contribution in [3.8, 4) is 0 Å². The van der Waals surface area contributed by atoms with Gasteiger partial charge in [0.2, 0.25) is 10.0 Å². The Hall–Kier alpha value is -1.80. The van der Waals surface area contributed by atoms with Crippen LogP contribution in [0.15, 0.2) is 24.3 Å².